The Morgan fingerprint density at radius 2 is 1.89 bits per heavy atom. The van der Waals surface area contributed by atoms with Gasteiger partial charge in [0.25, 0.3) is 0 Å². The minimum atomic E-state index is -0.00822. The van der Waals surface area contributed by atoms with Crippen molar-refractivity contribution in [2.75, 3.05) is 60.7 Å². The number of methoxy groups -OCH3 is 3. The molecule has 28 heavy (non-hydrogen) atoms. The summed E-state index contributed by atoms with van der Waals surface area (Å²) >= 11 is 0. The Morgan fingerprint density at radius 1 is 1.11 bits per heavy atom. The van der Waals surface area contributed by atoms with E-state index in [2.05, 4.69) is 28.5 Å². The third kappa shape index (κ3) is 4.43. The van der Waals surface area contributed by atoms with Crippen LogP contribution in [0, 0.1) is 0 Å². The number of piperazine rings is 1. The molecule has 1 aliphatic heterocycles. The fourth-order valence-electron chi connectivity index (χ4n) is 3.92. The normalized spacial score (nSPS) is 20.7. The van der Waals surface area contributed by atoms with Crippen LogP contribution in [0.4, 0.5) is 0 Å². The molecule has 0 bridgehead atoms. The van der Waals surface area contributed by atoms with E-state index in [1.165, 1.54) is 4.90 Å². The quantitative estimate of drug-likeness (QED) is 0.526. The Morgan fingerprint density at radius 3 is 2.54 bits per heavy atom. The molecule has 1 fully saturated rings. The summed E-state index contributed by atoms with van der Waals surface area (Å²) in [5.41, 5.74) is 1.08. The smallest absolute Gasteiger partial charge is 0.214 e. The van der Waals surface area contributed by atoms with Gasteiger partial charge in [-0.25, -0.2) is 4.68 Å². The van der Waals surface area contributed by atoms with Crippen LogP contribution in [-0.2, 0) is 11.3 Å². The van der Waals surface area contributed by atoms with E-state index < -0.39 is 0 Å². The van der Waals surface area contributed by atoms with Gasteiger partial charge in [0, 0.05) is 13.2 Å². The molecule has 0 radical (unpaired) electrons. The standard InChI is InChI=1S/C19H30N6O3/c1-5-23-8-10-24(11-9-23)18(19-20-21-22-25(19)12-13-26-2)16-7-6-15(27-3)14-17(16)28-4/h6-7,14,18H,5,8-13H2,1-4H3/p+2/t18-/m1/s1. The van der Waals surface area contributed by atoms with Crippen LogP contribution in [0.15, 0.2) is 18.2 Å². The van der Waals surface area contributed by atoms with E-state index in [4.69, 9.17) is 14.2 Å². The molecule has 9 heteroatoms. The summed E-state index contributed by atoms with van der Waals surface area (Å²) in [5, 5.41) is 12.6. The van der Waals surface area contributed by atoms with E-state index >= 15 is 0 Å². The van der Waals surface area contributed by atoms with Gasteiger partial charge in [0.15, 0.2) is 6.04 Å². The van der Waals surface area contributed by atoms with Crippen molar-refractivity contribution in [3.05, 3.63) is 29.6 Å². The molecule has 1 aliphatic rings. The van der Waals surface area contributed by atoms with Crippen molar-refractivity contribution in [1.29, 1.82) is 0 Å². The molecule has 0 amide bonds. The first-order chi connectivity index (χ1) is 13.7. The van der Waals surface area contributed by atoms with E-state index in [9.17, 15) is 0 Å². The predicted molar refractivity (Wildman–Crippen MR) is 103 cm³/mol. The Balaban J connectivity index is 1.99. The van der Waals surface area contributed by atoms with Crippen molar-refractivity contribution in [3.8, 4) is 11.5 Å². The highest BCUT2D eigenvalue weighted by molar-refractivity contribution is 5.43. The molecule has 0 aliphatic carbocycles. The Bertz CT molecular complexity index is 745. The minimum absolute atomic E-state index is 0.00822. The molecule has 1 aromatic carbocycles. The van der Waals surface area contributed by atoms with E-state index in [1.54, 1.807) is 26.2 Å². The molecule has 9 nitrogen and oxygen atoms in total. The molecule has 2 N–H and O–H groups in total. The lowest BCUT2D eigenvalue weighted by Gasteiger charge is -2.34. The lowest BCUT2D eigenvalue weighted by atomic mass is 10.0. The molecule has 1 aromatic heterocycles. The van der Waals surface area contributed by atoms with E-state index in [0.717, 1.165) is 55.6 Å². The van der Waals surface area contributed by atoms with Gasteiger partial charge in [-0.15, -0.1) is 5.10 Å². The Labute approximate surface area is 166 Å². The largest absolute Gasteiger partial charge is 0.497 e. The zero-order valence-corrected chi connectivity index (χ0v) is 17.3. The number of benzene rings is 1. The zero-order chi connectivity index (χ0) is 19.9. The first kappa shape index (κ1) is 20.5. The van der Waals surface area contributed by atoms with Crippen molar-refractivity contribution >= 4 is 0 Å². The fourth-order valence-corrected chi connectivity index (χ4v) is 3.92. The molecule has 2 heterocycles. The monoisotopic (exact) mass is 392 g/mol. The molecule has 154 valence electrons. The lowest BCUT2D eigenvalue weighted by Crippen LogP contribution is -3.28. The fraction of sp³-hybridized carbons (Fsp3) is 0.632. The number of hydrogen-bond acceptors (Lipinski definition) is 6. The summed E-state index contributed by atoms with van der Waals surface area (Å²) in [6, 6.07) is 5.97. The maximum absolute atomic E-state index is 5.72. The van der Waals surface area contributed by atoms with Gasteiger partial charge in [-0.3, -0.25) is 0 Å². The molecule has 3 rings (SSSR count). The van der Waals surface area contributed by atoms with Crippen molar-refractivity contribution in [2.24, 2.45) is 0 Å². The van der Waals surface area contributed by atoms with Crippen LogP contribution < -0.4 is 19.3 Å². The molecule has 1 saturated heterocycles. The molecule has 1 atom stereocenters. The van der Waals surface area contributed by atoms with Crippen LogP contribution in [0.25, 0.3) is 0 Å². The second-order valence-corrected chi connectivity index (χ2v) is 7.06. The van der Waals surface area contributed by atoms with Crippen LogP contribution in [0.3, 0.4) is 0 Å². The van der Waals surface area contributed by atoms with E-state index in [0.29, 0.717) is 13.2 Å². The summed E-state index contributed by atoms with van der Waals surface area (Å²) in [5.74, 6) is 2.41. The molecule has 2 aromatic rings. The number of quaternary nitrogens is 2. The van der Waals surface area contributed by atoms with Gasteiger partial charge in [-0.1, -0.05) is 0 Å². The first-order valence-corrected chi connectivity index (χ1v) is 9.86. The van der Waals surface area contributed by atoms with Crippen LogP contribution in [0.1, 0.15) is 24.4 Å². The lowest BCUT2D eigenvalue weighted by molar-refractivity contribution is -1.02. The third-order valence-electron chi connectivity index (χ3n) is 5.58. The van der Waals surface area contributed by atoms with Crippen molar-refractivity contribution in [1.82, 2.24) is 20.2 Å². The second kappa shape index (κ2) is 9.81. The number of likely N-dealkylation sites (N-methyl/N-ethyl adjacent to an activating group) is 1. The van der Waals surface area contributed by atoms with Crippen molar-refractivity contribution < 1.29 is 24.0 Å². The van der Waals surface area contributed by atoms with Gasteiger partial charge in [0.05, 0.1) is 39.5 Å². The summed E-state index contributed by atoms with van der Waals surface area (Å²) < 4.78 is 18.2. The Kier molecular flexibility index (Phi) is 7.18. The summed E-state index contributed by atoms with van der Waals surface area (Å²) in [4.78, 5) is 3.09. The first-order valence-electron chi connectivity index (χ1n) is 9.86. The summed E-state index contributed by atoms with van der Waals surface area (Å²) in [7, 11) is 5.04. The number of ether oxygens (including phenoxy) is 3. The highest BCUT2D eigenvalue weighted by Crippen LogP contribution is 2.30. The van der Waals surface area contributed by atoms with Gasteiger partial charge in [0.1, 0.15) is 37.7 Å². The maximum Gasteiger partial charge on any atom is 0.214 e. The van der Waals surface area contributed by atoms with Crippen molar-refractivity contribution in [2.45, 2.75) is 19.5 Å². The zero-order valence-electron chi connectivity index (χ0n) is 17.3. The second-order valence-electron chi connectivity index (χ2n) is 7.06. The number of tetrazole rings is 1. The average Bonchev–Trinajstić information content (AvgIpc) is 3.21. The molecular formula is C19H32N6O3+2. The predicted octanol–water partition coefficient (Wildman–Crippen LogP) is -1.77. The molecule has 0 spiro atoms. The number of hydrogen-bond donors (Lipinski definition) is 2. The molecule has 0 unspecified atom stereocenters. The van der Waals surface area contributed by atoms with Crippen LogP contribution in [0.2, 0.25) is 0 Å². The molecule has 0 saturated carbocycles. The number of nitrogens with one attached hydrogen (secondary N) is 2. The third-order valence-corrected chi connectivity index (χ3v) is 5.58. The number of aromatic nitrogens is 4. The van der Waals surface area contributed by atoms with Crippen LogP contribution in [-0.4, -0.2) is 80.9 Å². The average molecular weight is 393 g/mol. The summed E-state index contributed by atoms with van der Waals surface area (Å²) in [6.45, 7) is 8.98. The highest BCUT2D eigenvalue weighted by Gasteiger charge is 2.37. The SMILES string of the molecule is CC[NH+]1CC[NH+]([C@H](c2ccc(OC)cc2OC)c2nnnn2CCOC)CC1. The van der Waals surface area contributed by atoms with Gasteiger partial charge >= 0.3 is 0 Å². The van der Waals surface area contributed by atoms with Gasteiger partial charge in [-0.2, -0.15) is 0 Å². The topological polar surface area (TPSA) is 80.2 Å². The maximum atomic E-state index is 5.72. The van der Waals surface area contributed by atoms with Crippen LogP contribution in [0.5, 0.6) is 11.5 Å². The van der Waals surface area contributed by atoms with Crippen LogP contribution >= 0.6 is 0 Å². The minimum Gasteiger partial charge on any atom is -0.497 e. The summed E-state index contributed by atoms with van der Waals surface area (Å²) in [6.07, 6.45) is 0. The van der Waals surface area contributed by atoms with Gasteiger partial charge < -0.3 is 24.0 Å². The molecular weight excluding hydrogens is 360 g/mol. The number of nitrogens with zero attached hydrogens (tertiary/aromatic N) is 4. The number of rotatable bonds is 9. The van der Waals surface area contributed by atoms with E-state index in [1.807, 2.05) is 16.8 Å². The Hall–Kier alpha value is -2.23. The van der Waals surface area contributed by atoms with Gasteiger partial charge in [0.2, 0.25) is 5.82 Å². The van der Waals surface area contributed by atoms with Gasteiger partial charge in [-0.05, 0) is 29.5 Å². The van der Waals surface area contributed by atoms with E-state index in [-0.39, 0.29) is 6.04 Å². The van der Waals surface area contributed by atoms with Crippen molar-refractivity contribution in [3.63, 3.8) is 0 Å². The highest BCUT2D eigenvalue weighted by atomic mass is 16.5.